The quantitative estimate of drug-likeness (QED) is 0.468. The molecule has 110 valence electrons. The van der Waals surface area contributed by atoms with Gasteiger partial charge < -0.3 is 0 Å². The van der Waals surface area contributed by atoms with Crippen molar-refractivity contribution in [1.29, 1.82) is 0 Å². The molecule has 0 nitrogen and oxygen atoms in total. The number of rotatable bonds is 7. The molecule has 1 aliphatic heterocycles. The van der Waals surface area contributed by atoms with Gasteiger partial charge in [-0.2, -0.15) is 25.3 Å². The molecule has 1 rings (SSSR count). The standard InChI is InChI=1S/C10H20S6.C2H6/c1-10(15-5-2-6-16-10)9(13-7-3-11)14-8-4-12;1-2/h9,11-12H,2-8H2,1H3;1-2H3. The molecule has 0 aliphatic carbocycles. The zero-order chi connectivity index (χ0) is 13.9. The maximum absolute atomic E-state index is 4.32. The van der Waals surface area contributed by atoms with Gasteiger partial charge in [0, 0.05) is 11.5 Å². The summed E-state index contributed by atoms with van der Waals surface area (Å²) in [6.45, 7) is 6.42. The maximum atomic E-state index is 4.32. The molecule has 1 fully saturated rings. The van der Waals surface area contributed by atoms with Gasteiger partial charge in [0.1, 0.15) is 0 Å². The summed E-state index contributed by atoms with van der Waals surface area (Å²) in [5.41, 5.74) is 0. The van der Waals surface area contributed by atoms with Crippen molar-refractivity contribution in [2.75, 3.05) is 34.5 Å². The van der Waals surface area contributed by atoms with E-state index in [1.807, 2.05) is 13.8 Å². The van der Waals surface area contributed by atoms with Crippen LogP contribution < -0.4 is 0 Å². The van der Waals surface area contributed by atoms with Crippen molar-refractivity contribution in [3.63, 3.8) is 0 Å². The second-order valence-electron chi connectivity index (χ2n) is 3.59. The Morgan fingerprint density at radius 2 is 1.50 bits per heavy atom. The van der Waals surface area contributed by atoms with Crippen molar-refractivity contribution < 1.29 is 0 Å². The van der Waals surface area contributed by atoms with Crippen molar-refractivity contribution in [3.05, 3.63) is 0 Å². The fraction of sp³-hybridized carbons (Fsp3) is 1.00. The normalized spacial score (nSPS) is 18.3. The molecule has 0 saturated carbocycles. The smallest absolute Gasteiger partial charge is 0.0792 e. The number of hydrogen-bond acceptors (Lipinski definition) is 6. The highest BCUT2D eigenvalue weighted by atomic mass is 32.2. The SMILES string of the molecule is CC.CC1(C(SCCS)SCCS)SCCCS1. The predicted molar refractivity (Wildman–Crippen MR) is 106 cm³/mol. The van der Waals surface area contributed by atoms with E-state index in [1.54, 1.807) is 0 Å². The van der Waals surface area contributed by atoms with Crippen LogP contribution in [0.3, 0.4) is 0 Å². The molecule has 6 heteroatoms. The minimum Gasteiger partial charge on any atom is -0.179 e. The van der Waals surface area contributed by atoms with Gasteiger partial charge in [-0.15, -0.1) is 47.0 Å². The van der Waals surface area contributed by atoms with Crippen LogP contribution in [-0.2, 0) is 0 Å². The molecule has 0 radical (unpaired) electrons. The lowest BCUT2D eigenvalue weighted by atomic mass is 10.5. The van der Waals surface area contributed by atoms with E-state index in [9.17, 15) is 0 Å². The summed E-state index contributed by atoms with van der Waals surface area (Å²) in [5.74, 6) is 6.92. The fourth-order valence-electron chi connectivity index (χ4n) is 1.46. The summed E-state index contributed by atoms with van der Waals surface area (Å²) in [4.78, 5) is 0. The fourth-order valence-corrected chi connectivity index (χ4v) is 8.61. The van der Waals surface area contributed by atoms with Crippen LogP contribution in [0.2, 0.25) is 0 Å². The molecule has 0 aromatic rings. The van der Waals surface area contributed by atoms with E-state index < -0.39 is 0 Å². The average molecular weight is 363 g/mol. The molecule has 1 heterocycles. The van der Waals surface area contributed by atoms with Gasteiger partial charge in [-0.1, -0.05) is 13.8 Å². The molecule has 0 unspecified atom stereocenters. The summed E-state index contributed by atoms with van der Waals surface area (Å²) in [7, 11) is 0. The summed E-state index contributed by atoms with van der Waals surface area (Å²) in [6.07, 6.45) is 1.37. The average Bonchev–Trinajstić information content (AvgIpc) is 2.42. The third-order valence-corrected chi connectivity index (χ3v) is 10.4. The molecule has 0 atom stereocenters. The zero-order valence-corrected chi connectivity index (χ0v) is 16.6. The van der Waals surface area contributed by atoms with Gasteiger partial charge in [0.15, 0.2) is 0 Å². The first kappa shape index (κ1) is 20.1. The van der Waals surface area contributed by atoms with E-state index in [1.165, 1.54) is 17.9 Å². The molecule has 1 aliphatic rings. The van der Waals surface area contributed by atoms with Crippen molar-refractivity contribution in [3.8, 4) is 0 Å². The number of thioether (sulfide) groups is 4. The lowest BCUT2D eigenvalue weighted by molar-refractivity contribution is 0.957. The molecule has 0 aromatic heterocycles. The molecule has 18 heavy (non-hydrogen) atoms. The Balaban J connectivity index is 0.00000137. The summed E-state index contributed by atoms with van der Waals surface area (Å²) in [5, 5.41) is 0. The van der Waals surface area contributed by atoms with E-state index in [4.69, 9.17) is 0 Å². The Hall–Kier alpha value is 2.10. The molecular formula is C12H26S6. The van der Waals surface area contributed by atoms with Crippen LogP contribution in [0, 0.1) is 0 Å². The Kier molecular flexibility index (Phi) is 14.3. The molecule has 1 saturated heterocycles. The predicted octanol–water partition coefficient (Wildman–Crippen LogP) is 5.25. The first-order valence-corrected chi connectivity index (χ1v) is 11.8. The highest BCUT2D eigenvalue weighted by Crippen LogP contribution is 2.51. The van der Waals surface area contributed by atoms with Gasteiger partial charge in [-0.05, 0) is 36.4 Å². The lowest BCUT2D eigenvalue weighted by Gasteiger charge is -2.38. The molecule has 0 spiro atoms. The van der Waals surface area contributed by atoms with Gasteiger partial charge in [0.2, 0.25) is 0 Å². The Bertz CT molecular complexity index is 173. The van der Waals surface area contributed by atoms with E-state index >= 15 is 0 Å². The minimum atomic E-state index is 0.388. The van der Waals surface area contributed by atoms with E-state index in [-0.39, 0.29) is 0 Å². The molecule has 0 aromatic carbocycles. The monoisotopic (exact) mass is 362 g/mol. The van der Waals surface area contributed by atoms with Crippen LogP contribution in [0.25, 0.3) is 0 Å². The minimum absolute atomic E-state index is 0.388. The van der Waals surface area contributed by atoms with Crippen LogP contribution in [0.15, 0.2) is 0 Å². The van der Waals surface area contributed by atoms with Gasteiger partial charge >= 0.3 is 0 Å². The van der Waals surface area contributed by atoms with E-state index in [0.29, 0.717) is 8.66 Å². The number of hydrogen-bond donors (Lipinski definition) is 2. The molecule has 0 bridgehead atoms. The van der Waals surface area contributed by atoms with Crippen LogP contribution in [0.5, 0.6) is 0 Å². The van der Waals surface area contributed by atoms with Gasteiger partial charge in [-0.3, -0.25) is 0 Å². The molecule has 0 N–H and O–H groups in total. The Labute approximate surface area is 142 Å². The van der Waals surface area contributed by atoms with Crippen LogP contribution in [0.4, 0.5) is 0 Å². The largest absolute Gasteiger partial charge is 0.179 e. The Morgan fingerprint density at radius 1 is 1.06 bits per heavy atom. The summed E-state index contributed by atoms with van der Waals surface area (Å²) in [6, 6.07) is 0. The molecular weight excluding hydrogens is 337 g/mol. The van der Waals surface area contributed by atoms with Gasteiger partial charge in [0.05, 0.1) is 8.66 Å². The topological polar surface area (TPSA) is 0 Å². The number of thiol groups is 2. The van der Waals surface area contributed by atoms with Gasteiger partial charge in [0.25, 0.3) is 0 Å². The third-order valence-electron chi connectivity index (χ3n) is 2.22. The maximum Gasteiger partial charge on any atom is 0.0792 e. The second-order valence-corrected chi connectivity index (χ2v) is 10.6. The third kappa shape index (κ3) is 7.77. The Morgan fingerprint density at radius 3 is 1.89 bits per heavy atom. The van der Waals surface area contributed by atoms with Crippen LogP contribution in [-0.4, -0.2) is 43.2 Å². The van der Waals surface area contributed by atoms with E-state index in [2.05, 4.69) is 79.2 Å². The lowest BCUT2D eigenvalue weighted by Crippen LogP contribution is -2.32. The van der Waals surface area contributed by atoms with Crippen molar-refractivity contribution in [2.24, 2.45) is 0 Å². The summed E-state index contributed by atoms with van der Waals surface area (Å²) >= 11 is 17.1. The molecule has 0 amide bonds. The highest BCUT2D eigenvalue weighted by molar-refractivity contribution is 8.24. The first-order valence-electron chi connectivity index (χ1n) is 6.46. The summed E-state index contributed by atoms with van der Waals surface area (Å²) < 4.78 is 1.07. The van der Waals surface area contributed by atoms with Crippen molar-refractivity contribution in [2.45, 2.75) is 35.9 Å². The van der Waals surface area contributed by atoms with Crippen molar-refractivity contribution in [1.82, 2.24) is 0 Å². The zero-order valence-electron chi connectivity index (χ0n) is 11.6. The van der Waals surface area contributed by atoms with Crippen LogP contribution in [0.1, 0.15) is 27.2 Å². The second kappa shape index (κ2) is 12.8. The highest BCUT2D eigenvalue weighted by Gasteiger charge is 2.37. The van der Waals surface area contributed by atoms with E-state index in [0.717, 1.165) is 23.0 Å². The first-order chi connectivity index (χ1) is 8.73. The van der Waals surface area contributed by atoms with Gasteiger partial charge in [-0.25, -0.2) is 0 Å². The van der Waals surface area contributed by atoms with Crippen molar-refractivity contribution >= 4 is 72.3 Å². The van der Waals surface area contributed by atoms with Crippen LogP contribution >= 0.6 is 72.3 Å².